The van der Waals surface area contributed by atoms with Crippen molar-refractivity contribution in [3.05, 3.63) is 76.1 Å². The number of nitrogens with two attached hydrogens (primary N) is 2. The van der Waals surface area contributed by atoms with Crippen molar-refractivity contribution in [3.63, 3.8) is 0 Å². The molecule has 56 heavy (non-hydrogen) atoms. The summed E-state index contributed by atoms with van der Waals surface area (Å²) >= 11 is 0. The van der Waals surface area contributed by atoms with E-state index >= 15 is 0 Å². The first-order chi connectivity index (χ1) is 26.9. The van der Waals surface area contributed by atoms with Gasteiger partial charge >= 0.3 is 0 Å². The minimum Gasteiger partial charge on any atom is -0.489 e. The van der Waals surface area contributed by atoms with E-state index in [1.165, 1.54) is 6.07 Å². The average Bonchev–Trinajstić information content (AvgIpc) is 3.94. The number of aliphatic hydroxyl groups is 1. The van der Waals surface area contributed by atoms with Crippen LogP contribution in [0.25, 0.3) is 22.1 Å². The van der Waals surface area contributed by atoms with Gasteiger partial charge in [0.1, 0.15) is 53.0 Å². The summed E-state index contributed by atoms with van der Waals surface area (Å²) in [6.07, 6.45) is 0.963. The molecule has 1 atom stereocenters. The third-order valence-corrected chi connectivity index (χ3v) is 9.74. The van der Waals surface area contributed by atoms with Gasteiger partial charge in [0.25, 0.3) is 5.91 Å². The highest BCUT2D eigenvalue weighted by molar-refractivity contribution is 6.04. The van der Waals surface area contributed by atoms with Crippen LogP contribution in [0.5, 0.6) is 11.5 Å². The molecule has 292 valence electrons. The minimum absolute atomic E-state index is 0.0499. The predicted molar refractivity (Wildman–Crippen MR) is 204 cm³/mol. The summed E-state index contributed by atoms with van der Waals surface area (Å²) in [5.41, 5.74) is 15.9. The lowest BCUT2D eigenvalue weighted by Gasteiger charge is -2.27. The monoisotopic (exact) mass is 765 g/mol. The Hall–Kier alpha value is -6.56. The van der Waals surface area contributed by atoms with Gasteiger partial charge in [-0.25, -0.2) is 9.97 Å². The molecule has 0 spiro atoms. The van der Waals surface area contributed by atoms with Crippen molar-refractivity contribution in [1.82, 2.24) is 38.7 Å². The molecule has 0 bridgehead atoms. The van der Waals surface area contributed by atoms with E-state index < -0.39 is 17.7 Å². The molecule has 0 radical (unpaired) electrons. The highest BCUT2D eigenvalue weighted by atomic mass is 16.5. The molecule has 5 heterocycles. The number of primary amides is 2. The van der Waals surface area contributed by atoms with Crippen LogP contribution in [0.3, 0.4) is 0 Å². The van der Waals surface area contributed by atoms with Gasteiger partial charge in [-0.15, -0.1) is 0 Å². The van der Waals surface area contributed by atoms with E-state index in [1.54, 1.807) is 39.7 Å². The quantitative estimate of drug-likeness (QED) is 0.104. The third-order valence-electron chi connectivity index (χ3n) is 9.74. The predicted octanol–water partition coefficient (Wildman–Crippen LogP) is 3.10. The fraction of sp³-hybridized carbons (Fsp3) is 0.368. The first kappa shape index (κ1) is 37.7. The molecule has 1 aliphatic heterocycles. The molecule has 0 saturated carbocycles. The van der Waals surface area contributed by atoms with Crippen LogP contribution in [0.1, 0.15) is 91.6 Å². The van der Waals surface area contributed by atoms with Gasteiger partial charge in [-0.3, -0.25) is 33.9 Å². The maximum absolute atomic E-state index is 13.8. The Bertz CT molecular complexity index is 2530. The van der Waals surface area contributed by atoms with Crippen LogP contribution in [0.15, 0.2) is 36.4 Å². The van der Waals surface area contributed by atoms with E-state index in [1.807, 2.05) is 36.8 Å². The van der Waals surface area contributed by atoms with E-state index in [4.69, 9.17) is 30.9 Å². The Kier molecular flexibility index (Phi) is 10.3. The Morgan fingerprint density at radius 1 is 0.893 bits per heavy atom. The van der Waals surface area contributed by atoms with Crippen molar-refractivity contribution in [2.75, 3.05) is 25.1 Å². The molecular formula is C38H43N11O7. The number of ketones is 1. The second-order valence-corrected chi connectivity index (χ2v) is 13.6. The molecule has 0 unspecified atom stereocenters. The second kappa shape index (κ2) is 15.3. The lowest BCUT2D eigenvalue weighted by Crippen LogP contribution is -2.26. The zero-order valence-electron chi connectivity index (χ0n) is 31.5. The molecule has 4 aromatic heterocycles. The number of hydrogen-bond donors (Lipinski definition) is 4. The smallest absolute Gasteiger partial charge is 0.276 e. The molecular weight excluding hydrogens is 722 g/mol. The Morgan fingerprint density at radius 3 is 2.20 bits per heavy atom. The number of benzene rings is 2. The molecule has 0 fully saturated rings. The fourth-order valence-corrected chi connectivity index (χ4v) is 7.29. The Morgan fingerprint density at radius 2 is 1.54 bits per heavy atom. The van der Waals surface area contributed by atoms with Gasteiger partial charge in [-0.2, -0.15) is 10.2 Å². The van der Waals surface area contributed by atoms with Crippen LogP contribution < -0.4 is 26.3 Å². The number of aromatic nitrogens is 8. The number of nitrogens with zero attached hydrogens (tertiary/aromatic N) is 8. The van der Waals surface area contributed by atoms with E-state index in [0.29, 0.717) is 88.9 Å². The van der Waals surface area contributed by atoms with Crippen molar-refractivity contribution >= 4 is 51.5 Å². The number of imidazole rings is 2. The Balaban J connectivity index is 1.25. The number of hydrogen-bond acceptors (Lipinski definition) is 11. The van der Waals surface area contributed by atoms with Crippen molar-refractivity contribution in [1.29, 1.82) is 0 Å². The number of amides is 3. The van der Waals surface area contributed by atoms with Crippen LogP contribution in [0.2, 0.25) is 0 Å². The number of aryl methyl sites for hydroxylation is 5. The van der Waals surface area contributed by atoms with Crippen LogP contribution in [-0.4, -0.2) is 87.1 Å². The first-order valence-corrected chi connectivity index (χ1v) is 18.4. The summed E-state index contributed by atoms with van der Waals surface area (Å²) in [6, 6.07) is 9.33. The summed E-state index contributed by atoms with van der Waals surface area (Å²) in [5, 5.41) is 21.4. The molecule has 0 saturated heterocycles. The largest absolute Gasteiger partial charge is 0.489 e. The lowest BCUT2D eigenvalue weighted by atomic mass is 10.1. The number of fused-ring (bicyclic) bond motifs is 1. The van der Waals surface area contributed by atoms with Gasteiger partial charge in [-0.1, -0.05) is 0 Å². The lowest BCUT2D eigenvalue weighted by molar-refractivity contribution is 0.0974. The Labute approximate surface area is 320 Å². The number of carbonyl (C=O) groups excluding carboxylic acids is 4. The van der Waals surface area contributed by atoms with Crippen molar-refractivity contribution in [2.24, 2.45) is 11.5 Å². The number of Topliss-reactive ketones (excluding diaryl/α,β-unsaturated/α-hetero) is 1. The zero-order valence-corrected chi connectivity index (χ0v) is 31.5. The van der Waals surface area contributed by atoms with Crippen LogP contribution in [0.4, 0.5) is 5.95 Å². The molecule has 2 aromatic carbocycles. The van der Waals surface area contributed by atoms with Gasteiger partial charge in [0.15, 0.2) is 5.78 Å². The van der Waals surface area contributed by atoms with E-state index in [9.17, 15) is 24.3 Å². The number of anilines is 1. The van der Waals surface area contributed by atoms with Gasteiger partial charge in [-0.05, 0) is 76.9 Å². The maximum Gasteiger partial charge on any atom is 0.276 e. The second-order valence-electron chi connectivity index (χ2n) is 13.6. The molecule has 6 N–H and O–H groups in total. The summed E-state index contributed by atoms with van der Waals surface area (Å²) < 4.78 is 19.2. The topological polar surface area (TPSA) is 242 Å². The molecule has 0 aliphatic carbocycles. The van der Waals surface area contributed by atoms with E-state index in [0.717, 1.165) is 0 Å². The fourth-order valence-electron chi connectivity index (χ4n) is 7.29. The van der Waals surface area contributed by atoms with Crippen molar-refractivity contribution < 1.29 is 33.8 Å². The normalized spacial score (nSPS) is 13.6. The third kappa shape index (κ3) is 7.05. The zero-order chi connectivity index (χ0) is 39.8. The molecule has 1 aliphatic rings. The highest BCUT2D eigenvalue weighted by Crippen LogP contribution is 2.39. The van der Waals surface area contributed by atoms with Crippen LogP contribution in [0, 0.1) is 13.8 Å². The molecule has 18 heteroatoms. The number of ether oxygens (including phenoxy) is 2. The summed E-state index contributed by atoms with van der Waals surface area (Å²) in [7, 11) is 0. The number of rotatable bonds is 16. The summed E-state index contributed by atoms with van der Waals surface area (Å²) in [6.45, 7) is 8.66. The maximum atomic E-state index is 13.8. The van der Waals surface area contributed by atoms with Crippen molar-refractivity contribution in [3.8, 4) is 11.5 Å². The molecule has 7 rings (SSSR count). The number of aliphatic hydroxyl groups excluding tert-OH is 1. The molecule has 6 aromatic rings. The van der Waals surface area contributed by atoms with Gasteiger partial charge in [0.2, 0.25) is 17.8 Å². The van der Waals surface area contributed by atoms with Crippen LogP contribution in [-0.2, 0) is 26.1 Å². The number of carbonyl (C=O) groups is 4. The summed E-state index contributed by atoms with van der Waals surface area (Å²) in [5.74, 6) is -0.508. The minimum atomic E-state index is -0.681. The first-order valence-electron chi connectivity index (χ1n) is 18.4. The standard InChI is InChI=1S/C38H43N11O7/c1-5-47-27(12-20(3)44-47)29(51)18-32-41-25-14-22(35(39)52)16-30(55-11-10-50)33(25)46(32)9-7-8-24-19-56-31-17-23(36(40)53)15-26-34(31)49(24)38(42-26)43-37(54)28-13-21(4)45-48(28)6-2/h12-17,24,50H,5-11,18-19H2,1-4H3,(H2,39,52)(H2,40,53)(H,42,43,54)/t24-/m0/s1. The molecule has 18 nitrogen and oxygen atoms in total. The highest BCUT2D eigenvalue weighted by Gasteiger charge is 2.30. The van der Waals surface area contributed by atoms with Gasteiger partial charge in [0, 0.05) is 30.8 Å². The van der Waals surface area contributed by atoms with Crippen LogP contribution >= 0.6 is 0 Å². The van der Waals surface area contributed by atoms with Crippen molar-refractivity contribution in [2.45, 2.75) is 72.6 Å². The SMILES string of the molecule is CCn1nc(C)cc1C(=O)Cc1nc2cc(C(N)=O)cc(OCCO)c2n1CCC[C@H]1COc2cc(C(N)=O)cc3nc(NC(=O)c4cc(C)nn4CC)n1c23. The number of nitrogens with one attached hydrogen (secondary N) is 1. The van der Waals surface area contributed by atoms with Gasteiger partial charge in [0.05, 0.1) is 41.5 Å². The van der Waals surface area contributed by atoms with E-state index in [2.05, 4.69) is 15.5 Å². The van der Waals surface area contributed by atoms with Gasteiger partial charge < -0.3 is 35.2 Å². The summed E-state index contributed by atoms with van der Waals surface area (Å²) in [4.78, 5) is 61.4. The molecule has 3 amide bonds. The van der Waals surface area contributed by atoms with E-state index in [-0.39, 0.29) is 60.9 Å². The average molecular weight is 766 g/mol.